The van der Waals surface area contributed by atoms with Crippen LogP contribution >= 0.6 is 11.6 Å². The minimum atomic E-state index is -0.140. The highest BCUT2D eigenvalue weighted by Gasteiger charge is 2.17. The third-order valence-corrected chi connectivity index (χ3v) is 3.78. The number of carbonyl (C=O) groups is 1. The van der Waals surface area contributed by atoms with Crippen molar-refractivity contribution in [2.75, 3.05) is 18.5 Å². The van der Waals surface area contributed by atoms with Crippen LogP contribution in [0.1, 0.15) is 17.7 Å². The number of rotatable bonds is 3. The monoisotopic (exact) mass is 335 g/mol. The number of hydrogen-bond acceptors (Lipinski definition) is 4. The number of amides is 1. The molecule has 0 radical (unpaired) electrons. The lowest BCUT2D eigenvalue weighted by Crippen LogP contribution is -2.16. The second kappa shape index (κ2) is 6.50. The third-order valence-electron chi connectivity index (χ3n) is 3.50. The lowest BCUT2D eigenvalue weighted by atomic mass is 10.1. The summed E-state index contributed by atoms with van der Waals surface area (Å²) in [5.74, 6) is 1.66. The van der Waals surface area contributed by atoms with Gasteiger partial charge in [0.05, 0.1) is 30.4 Å². The summed E-state index contributed by atoms with van der Waals surface area (Å²) >= 11 is 6.24. The van der Waals surface area contributed by atoms with Crippen LogP contribution in [0.15, 0.2) is 18.2 Å². The standard InChI is InChI=1S/C16H18ClN3O3/c1-10-6-14(20(2)19-10)18-15(21)9-11-7-12(17)16-13(8-11)22-4-3-5-23-16/h6-8H,3-5,9H2,1-2H3,(H,18,21). The predicted octanol–water partition coefficient (Wildman–Crippen LogP) is 2.72. The molecule has 1 aromatic heterocycles. The molecule has 0 bridgehead atoms. The number of fused-ring (bicyclic) bond motifs is 1. The second-order valence-corrected chi connectivity index (χ2v) is 5.88. The number of anilines is 1. The number of halogens is 1. The molecule has 1 aromatic carbocycles. The molecular formula is C16H18ClN3O3. The first-order chi connectivity index (χ1) is 11.0. The zero-order valence-corrected chi connectivity index (χ0v) is 13.8. The number of nitrogens with zero attached hydrogens (tertiary/aromatic N) is 2. The maximum atomic E-state index is 12.2. The minimum Gasteiger partial charge on any atom is -0.489 e. The van der Waals surface area contributed by atoms with Gasteiger partial charge in [0.2, 0.25) is 5.91 Å². The molecule has 0 aliphatic carbocycles. The van der Waals surface area contributed by atoms with Gasteiger partial charge >= 0.3 is 0 Å². The van der Waals surface area contributed by atoms with Crippen molar-refractivity contribution in [1.82, 2.24) is 9.78 Å². The Morgan fingerprint density at radius 2 is 2.13 bits per heavy atom. The molecular weight excluding hydrogens is 318 g/mol. The van der Waals surface area contributed by atoms with Crippen LogP contribution in [-0.4, -0.2) is 28.9 Å². The van der Waals surface area contributed by atoms with Crippen LogP contribution in [0.4, 0.5) is 5.82 Å². The molecule has 1 amide bonds. The number of nitrogens with one attached hydrogen (secondary N) is 1. The van der Waals surface area contributed by atoms with Crippen molar-refractivity contribution in [3.05, 3.63) is 34.5 Å². The normalized spacial score (nSPS) is 13.5. The smallest absolute Gasteiger partial charge is 0.229 e. The molecule has 0 saturated heterocycles. The molecule has 1 N–H and O–H groups in total. The summed E-state index contributed by atoms with van der Waals surface area (Å²) in [5, 5.41) is 7.50. The quantitative estimate of drug-likeness (QED) is 0.936. The average Bonchev–Trinajstić information content (AvgIpc) is 2.68. The van der Waals surface area contributed by atoms with Gasteiger partial charge in [-0.25, -0.2) is 0 Å². The van der Waals surface area contributed by atoms with Crippen LogP contribution in [0.3, 0.4) is 0 Å². The van der Waals surface area contributed by atoms with Gasteiger partial charge in [0.1, 0.15) is 5.82 Å². The van der Waals surface area contributed by atoms with Crippen LogP contribution in [0.5, 0.6) is 11.5 Å². The molecule has 1 aliphatic heterocycles. The first kappa shape index (κ1) is 15.7. The molecule has 2 heterocycles. The molecule has 1 aliphatic rings. The van der Waals surface area contributed by atoms with E-state index in [1.165, 1.54) is 0 Å². The molecule has 0 unspecified atom stereocenters. The zero-order chi connectivity index (χ0) is 16.4. The maximum absolute atomic E-state index is 12.2. The van der Waals surface area contributed by atoms with Gasteiger partial charge in [0.25, 0.3) is 0 Å². The molecule has 23 heavy (non-hydrogen) atoms. The van der Waals surface area contributed by atoms with Gasteiger partial charge in [-0.3, -0.25) is 9.48 Å². The lowest BCUT2D eigenvalue weighted by Gasteiger charge is -2.11. The van der Waals surface area contributed by atoms with Crippen molar-refractivity contribution in [2.45, 2.75) is 19.8 Å². The van der Waals surface area contributed by atoms with Gasteiger partial charge < -0.3 is 14.8 Å². The van der Waals surface area contributed by atoms with E-state index in [4.69, 9.17) is 21.1 Å². The largest absolute Gasteiger partial charge is 0.489 e. The van der Waals surface area contributed by atoms with E-state index in [2.05, 4.69) is 10.4 Å². The Bertz CT molecular complexity index is 742. The fourth-order valence-corrected chi connectivity index (χ4v) is 2.77. The first-order valence-corrected chi connectivity index (χ1v) is 7.79. The van der Waals surface area contributed by atoms with Gasteiger partial charge in [-0.1, -0.05) is 11.6 Å². The van der Waals surface area contributed by atoms with Gasteiger partial charge in [-0.2, -0.15) is 5.10 Å². The summed E-state index contributed by atoms with van der Waals surface area (Å²) in [4.78, 5) is 12.2. The number of benzene rings is 1. The minimum absolute atomic E-state index is 0.140. The number of aryl methyl sites for hydroxylation is 2. The summed E-state index contributed by atoms with van der Waals surface area (Å²) in [7, 11) is 1.78. The summed E-state index contributed by atoms with van der Waals surface area (Å²) in [6.07, 6.45) is 1.00. The summed E-state index contributed by atoms with van der Waals surface area (Å²) in [6.45, 7) is 3.03. The molecule has 6 nitrogen and oxygen atoms in total. The van der Waals surface area contributed by atoms with E-state index >= 15 is 0 Å². The lowest BCUT2D eigenvalue weighted by molar-refractivity contribution is -0.115. The Morgan fingerprint density at radius 1 is 1.35 bits per heavy atom. The molecule has 0 fully saturated rings. The van der Waals surface area contributed by atoms with Crippen LogP contribution in [0.25, 0.3) is 0 Å². The van der Waals surface area contributed by atoms with Crippen molar-refractivity contribution in [3.63, 3.8) is 0 Å². The van der Waals surface area contributed by atoms with E-state index in [0.29, 0.717) is 35.6 Å². The number of carbonyl (C=O) groups excluding carboxylic acids is 1. The number of ether oxygens (including phenoxy) is 2. The molecule has 122 valence electrons. The van der Waals surface area contributed by atoms with E-state index in [0.717, 1.165) is 17.7 Å². The first-order valence-electron chi connectivity index (χ1n) is 7.41. The van der Waals surface area contributed by atoms with Crippen LogP contribution in [-0.2, 0) is 18.3 Å². The van der Waals surface area contributed by atoms with E-state index in [-0.39, 0.29) is 12.3 Å². The molecule has 7 heteroatoms. The Morgan fingerprint density at radius 3 is 2.87 bits per heavy atom. The van der Waals surface area contributed by atoms with E-state index in [1.54, 1.807) is 23.9 Å². The molecule has 0 atom stereocenters. The Labute approximate surface area is 139 Å². The van der Waals surface area contributed by atoms with Crippen molar-refractivity contribution in [3.8, 4) is 11.5 Å². The highest BCUT2D eigenvalue weighted by Crippen LogP contribution is 2.38. The van der Waals surface area contributed by atoms with Gasteiger partial charge in [-0.05, 0) is 24.6 Å². The Kier molecular flexibility index (Phi) is 4.43. The predicted molar refractivity (Wildman–Crippen MR) is 87.3 cm³/mol. The van der Waals surface area contributed by atoms with E-state index in [1.807, 2.05) is 13.0 Å². The van der Waals surface area contributed by atoms with Gasteiger partial charge in [0, 0.05) is 19.5 Å². The van der Waals surface area contributed by atoms with Crippen LogP contribution in [0, 0.1) is 6.92 Å². The average molecular weight is 336 g/mol. The van der Waals surface area contributed by atoms with Crippen LogP contribution < -0.4 is 14.8 Å². The van der Waals surface area contributed by atoms with Crippen molar-refractivity contribution in [2.24, 2.45) is 7.05 Å². The Balaban J connectivity index is 1.75. The SMILES string of the molecule is Cc1cc(NC(=O)Cc2cc(Cl)c3c(c2)OCCCO3)n(C)n1. The molecule has 0 spiro atoms. The van der Waals surface area contributed by atoms with Gasteiger partial charge in [0.15, 0.2) is 11.5 Å². The highest BCUT2D eigenvalue weighted by atomic mass is 35.5. The van der Waals surface area contributed by atoms with Crippen LogP contribution in [0.2, 0.25) is 5.02 Å². The fourth-order valence-electron chi connectivity index (χ4n) is 2.49. The second-order valence-electron chi connectivity index (χ2n) is 5.47. The zero-order valence-electron chi connectivity index (χ0n) is 13.1. The van der Waals surface area contributed by atoms with Crippen molar-refractivity contribution in [1.29, 1.82) is 0 Å². The highest BCUT2D eigenvalue weighted by molar-refractivity contribution is 6.32. The molecule has 3 rings (SSSR count). The van der Waals surface area contributed by atoms with Gasteiger partial charge in [-0.15, -0.1) is 0 Å². The molecule has 0 saturated carbocycles. The Hall–Kier alpha value is -2.21. The number of aromatic nitrogens is 2. The van der Waals surface area contributed by atoms with Crippen molar-refractivity contribution < 1.29 is 14.3 Å². The fraction of sp³-hybridized carbons (Fsp3) is 0.375. The summed E-state index contributed by atoms with van der Waals surface area (Å²) < 4.78 is 12.9. The summed E-state index contributed by atoms with van der Waals surface area (Å²) in [5.41, 5.74) is 1.62. The topological polar surface area (TPSA) is 65.4 Å². The third kappa shape index (κ3) is 3.59. The van der Waals surface area contributed by atoms with Crippen molar-refractivity contribution >= 4 is 23.3 Å². The summed E-state index contributed by atoms with van der Waals surface area (Å²) in [6, 6.07) is 5.36. The van der Waals surface area contributed by atoms with E-state index < -0.39 is 0 Å². The number of hydrogen-bond donors (Lipinski definition) is 1. The maximum Gasteiger partial charge on any atom is 0.229 e. The molecule has 2 aromatic rings. The van der Waals surface area contributed by atoms with E-state index in [9.17, 15) is 4.79 Å².